The van der Waals surface area contributed by atoms with E-state index in [1.54, 1.807) is 13.3 Å². The van der Waals surface area contributed by atoms with Crippen molar-refractivity contribution in [3.05, 3.63) is 18.7 Å². The number of nitrogens with one attached hydrogen (secondary N) is 2. The number of hydrogen-bond donors (Lipinski definition) is 2. The van der Waals surface area contributed by atoms with Gasteiger partial charge in [-0.2, -0.15) is 0 Å². The fourth-order valence-electron chi connectivity index (χ4n) is 1.67. The highest BCUT2D eigenvalue weighted by Gasteiger charge is 1.99. The number of methoxy groups -OCH3 is 1. The molecule has 108 valence electrons. The standard InChI is InChI=1S/C13H24N4O2/c1-19-10-4-6-16-13(18)11-14-5-2-3-8-17-9-7-15-12-17/h7,9,12,14H,2-6,8,10-11H2,1H3,(H,16,18). The summed E-state index contributed by atoms with van der Waals surface area (Å²) in [5, 5.41) is 5.97. The molecule has 0 aliphatic heterocycles. The van der Waals surface area contributed by atoms with E-state index in [4.69, 9.17) is 4.74 Å². The molecule has 0 radical (unpaired) electrons. The summed E-state index contributed by atoms with van der Waals surface area (Å²) in [7, 11) is 1.66. The predicted octanol–water partition coefficient (Wildman–Crippen LogP) is 0.406. The molecule has 0 aromatic carbocycles. The highest BCUT2D eigenvalue weighted by atomic mass is 16.5. The zero-order valence-corrected chi connectivity index (χ0v) is 11.6. The molecule has 6 nitrogen and oxygen atoms in total. The highest BCUT2D eigenvalue weighted by Crippen LogP contribution is 1.93. The maximum atomic E-state index is 11.4. The number of nitrogens with zero attached hydrogens (tertiary/aromatic N) is 2. The zero-order valence-electron chi connectivity index (χ0n) is 11.6. The van der Waals surface area contributed by atoms with Crippen molar-refractivity contribution >= 4 is 5.91 Å². The van der Waals surface area contributed by atoms with Gasteiger partial charge in [0.05, 0.1) is 12.9 Å². The van der Waals surface area contributed by atoms with Crippen molar-refractivity contribution in [3.8, 4) is 0 Å². The lowest BCUT2D eigenvalue weighted by Crippen LogP contribution is -2.35. The van der Waals surface area contributed by atoms with Crippen LogP contribution in [0.4, 0.5) is 0 Å². The Morgan fingerprint density at radius 3 is 2.95 bits per heavy atom. The number of unbranched alkanes of at least 4 members (excludes halogenated alkanes) is 1. The van der Waals surface area contributed by atoms with Crippen LogP contribution in [0.25, 0.3) is 0 Å². The minimum Gasteiger partial charge on any atom is -0.385 e. The molecule has 0 spiro atoms. The van der Waals surface area contributed by atoms with Crippen LogP contribution in [0, 0.1) is 0 Å². The van der Waals surface area contributed by atoms with E-state index in [1.807, 2.05) is 12.5 Å². The number of imidazole rings is 1. The van der Waals surface area contributed by atoms with E-state index in [9.17, 15) is 4.79 Å². The molecule has 0 saturated heterocycles. The normalized spacial score (nSPS) is 10.6. The van der Waals surface area contributed by atoms with E-state index in [0.29, 0.717) is 19.7 Å². The second kappa shape index (κ2) is 10.5. The summed E-state index contributed by atoms with van der Waals surface area (Å²) in [6.07, 6.45) is 8.55. The summed E-state index contributed by atoms with van der Waals surface area (Å²) in [6.45, 7) is 3.58. The number of aryl methyl sites for hydroxylation is 1. The van der Waals surface area contributed by atoms with Gasteiger partial charge in [0, 0.05) is 39.2 Å². The topological polar surface area (TPSA) is 68.2 Å². The van der Waals surface area contributed by atoms with Gasteiger partial charge in [0.25, 0.3) is 0 Å². The predicted molar refractivity (Wildman–Crippen MR) is 73.8 cm³/mol. The third-order valence-electron chi connectivity index (χ3n) is 2.71. The number of amides is 1. The Balaban J connectivity index is 1.86. The van der Waals surface area contributed by atoms with Crippen molar-refractivity contribution in [2.75, 3.05) is 33.4 Å². The van der Waals surface area contributed by atoms with Crippen LogP contribution < -0.4 is 10.6 Å². The summed E-state index contributed by atoms with van der Waals surface area (Å²) >= 11 is 0. The first kappa shape index (κ1) is 15.7. The number of hydrogen-bond acceptors (Lipinski definition) is 4. The van der Waals surface area contributed by atoms with Crippen molar-refractivity contribution in [1.29, 1.82) is 0 Å². The second-order valence-corrected chi connectivity index (χ2v) is 4.38. The number of ether oxygens (including phenoxy) is 1. The summed E-state index contributed by atoms with van der Waals surface area (Å²) in [4.78, 5) is 15.4. The largest absolute Gasteiger partial charge is 0.385 e. The van der Waals surface area contributed by atoms with Gasteiger partial charge in [-0.25, -0.2) is 4.98 Å². The number of carbonyl (C=O) groups excluding carboxylic acids is 1. The molecule has 0 fully saturated rings. The minimum absolute atomic E-state index is 0.0470. The van der Waals surface area contributed by atoms with Gasteiger partial charge < -0.3 is 19.9 Å². The maximum absolute atomic E-state index is 11.4. The van der Waals surface area contributed by atoms with E-state index in [-0.39, 0.29) is 5.91 Å². The Bertz CT molecular complexity index is 327. The smallest absolute Gasteiger partial charge is 0.233 e. The summed E-state index contributed by atoms with van der Waals surface area (Å²) in [5.74, 6) is 0.0470. The molecule has 1 rings (SSSR count). The molecular formula is C13H24N4O2. The quantitative estimate of drug-likeness (QED) is 0.570. The number of aromatic nitrogens is 2. The van der Waals surface area contributed by atoms with Gasteiger partial charge in [0.2, 0.25) is 5.91 Å². The van der Waals surface area contributed by atoms with Gasteiger partial charge in [-0.15, -0.1) is 0 Å². The number of carbonyl (C=O) groups is 1. The molecule has 1 aromatic rings. The SMILES string of the molecule is COCCCNC(=O)CNCCCCn1ccnc1. The first-order valence-corrected chi connectivity index (χ1v) is 6.75. The van der Waals surface area contributed by atoms with Crippen LogP contribution >= 0.6 is 0 Å². The first-order chi connectivity index (χ1) is 9.33. The van der Waals surface area contributed by atoms with Crippen LogP contribution in [-0.2, 0) is 16.1 Å². The van der Waals surface area contributed by atoms with Crippen LogP contribution in [0.3, 0.4) is 0 Å². The fraction of sp³-hybridized carbons (Fsp3) is 0.692. The Kier molecular flexibility index (Phi) is 8.67. The van der Waals surface area contributed by atoms with Gasteiger partial charge >= 0.3 is 0 Å². The van der Waals surface area contributed by atoms with Crippen molar-refractivity contribution in [1.82, 2.24) is 20.2 Å². The molecule has 6 heteroatoms. The zero-order chi connectivity index (χ0) is 13.8. The van der Waals surface area contributed by atoms with Crippen LogP contribution in [0.2, 0.25) is 0 Å². The molecule has 0 aliphatic carbocycles. The van der Waals surface area contributed by atoms with Gasteiger partial charge in [-0.1, -0.05) is 0 Å². The molecule has 1 heterocycles. The van der Waals surface area contributed by atoms with Gasteiger partial charge in [-0.05, 0) is 25.8 Å². The van der Waals surface area contributed by atoms with Crippen LogP contribution in [-0.4, -0.2) is 48.8 Å². The fourth-order valence-corrected chi connectivity index (χ4v) is 1.67. The van der Waals surface area contributed by atoms with E-state index < -0.39 is 0 Å². The van der Waals surface area contributed by atoms with Crippen LogP contribution in [0.5, 0.6) is 0 Å². The molecule has 0 saturated carbocycles. The van der Waals surface area contributed by atoms with Crippen LogP contribution in [0.15, 0.2) is 18.7 Å². The minimum atomic E-state index is 0.0470. The third kappa shape index (κ3) is 8.34. The van der Waals surface area contributed by atoms with Gasteiger partial charge in [-0.3, -0.25) is 4.79 Å². The van der Waals surface area contributed by atoms with Crippen molar-refractivity contribution in [2.45, 2.75) is 25.8 Å². The Hall–Kier alpha value is -1.40. The average Bonchev–Trinajstić information content (AvgIpc) is 2.92. The van der Waals surface area contributed by atoms with E-state index in [2.05, 4.69) is 20.2 Å². The molecular weight excluding hydrogens is 244 g/mol. The van der Waals surface area contributed by atoms with Crippen molar-refractivity contribution in [2.24, 2.45) is 0 Å². The van der Waals surface area contributed by atoms with Crippen molar-refractivity contribution in [3.63, 3.8) is 0 Å². The molecule has 0 atom stereocenters. The molecule has 0 unspecified atom stereocenters. The van der Waals surface area contributed by atoms with E-state index in [1.165, 1.54) is 0 Å². The molecule has 0 aliphatic rings. The average molecular weight is 268 g/mol. The van der Waals surface area contributed by atoms with E-state index in [0.717, 1.165) is 32.4 Å². The molecule has 1 amide bonds. The molecule has 19 heavy (non-hydrogen) atoms. The number of rotatable bonds is 11. The Labute approximate surface area is 114 Å². The van der Waals surface area contributed by atoms with E-state index >= 15 is 0 Å². The molecule has 2 N–H and O–H groups in total. The lowest BCUT2D eigenvalue weighted by atomic mass is 10.3. The van der Waals surface area contributed by atoms with Crippen LogP contribution in [0.1, 0.15) is 19.3 Å². The maximum Gasteiger partial charge on any atom is 0.233 e. The molecule has 0 bridgehead atoms. The monoisotopic (exact) mass is 268 g/mol. The molecule has 1 aromatic heterocycles. The van der Waals surface area contributed by atoms with Crippen molar-refractivity contribution < 1.29 is 9.53 Å². The Morgan fingerprint density at radius 2 is 2.21 bits per heavy atom. The lowest BCUT2D eigenvalue weighted by Gasteiger charge is -2.06. The Morgan fingerprint density at radius 1 is 1.32 bits per heavy atom. The highest BCUT2D eigenvalue weighted by molar-refractivity contribution is 5.77. The summed E-state index contributed by atoms with van der Waals surface area (Å²) < 4.78 is 6.96. The first-order valence-electron chi connectivity index (χ1n) is 6.75. The van der Waals surface area contributed by atoms with Gasteiger partial charge in [0.1, 0.15) is 0 Å². The van der Waals surface area contributed by atoms with Gasteiger partial charge in [0.15, 0.2) is 0 Å². The summed E-state index contributed by atoms with van der Waals surface area (Å²) in [5.41, 5.74) is 0. The lowest BCUT2D eigenvalue weighted by molar-refractivity contribution is -0.120. The third-order valence-corrected chi connectivity index (χ3v) is 2.71. The second-order valence-electron chi connectivity index (χ2n) is 4.38. The summed E-state index contributed by atoms with van der Waals surface area (Å²) in [6, 6.07) is 0.